The first-order chi connectivity index (χ1) is 15.2. The summed E-state index contributed by atoms with van der Waals surface area (Å²) in [7, 11) is 0. The van der Waals surface area contributed by atoms with Crippen LogP contribution in [0.2, 0.25) is 0 Å². The molecule has 0 fully saturated rings. The maximum Gasteiger partial charge on any atom is 0.352 e. The quantitative estimate of drug-likeness (QED) is 0.408. The number of nitrogens with zero attached hydrogens (tertiary/aromatic N) is 4. The molecule has 5 rings (SSSR count). The van der Waals surface area contributed by atoms with Crippen molar-refractivity contribution in [3.63, 3.8) is 0 Å². The molecule has 0 bridgehead atoms. The van der Waals surface area contributed by atoms with E-state index in [-0.39, 0.29) is 5.69 Å². The van der Waals surface area contributed by atoms with Crippen LogP contribution in [-0.2, 0) is 0 Å². The first-order valence-electron chi connectivity index (χ1n) is 9.75. The predicted molar refractivity (Wildman–Crippen MR) is 122 cm³/mol. The molecule has 0 saturated carbocycles. The molecule has 150 valence electrons. The summed E-state index contributed by atoms with van der Waals surface area (Å²) in [6.07, 6.45) is 1.79. The molecular weight excluding hydrogens is 408 g/mol. The Morgan fingerprint density at radius 1 is 1.06 bits per heavy atom. The van der Waals surface area contributed by atoms with E-state index in [1.165, 1.54) is 15.9 Å². The maximum atomic E-state index is 12.9. The molecule has 2 aromatic carbocycles. The van der Waals surface area contributed by atoms with Crippen LogP contribution in [-0.4, -0.2) is 21.1 Å². The Hall–Kier alpha value is -4.02. The number of benzene rings is 2. The molecule has 3 aromatic heterocycles. The third-order valence-corrected chi connectivity index (χ3v) is 5.96. The summed E-state index contributed by atoms with van der Waals surface area (Å²) in [5, 5.41) is 10.6. The largest absolute Gasteiger partial charge is 0.477 e. The van der Waals surface area contributed by atoms with Crippen molar-refractivity contribution in [1.82, 2.24) is 14.5 Å². The van der Waals surface area contributed by atoms with Crippen molar-refractivity contribution in [3.05, 3.63) is 82.9 Å². The van der Waals surface area contributed by atoms with Crippen molar-refractivity contribution in [2.24, 2.45) is 0 Å². The highest BCUT2D eigenvalue weighted by Crippen LogP contribution is 2.42. The van der Waals surface area contributed by atoms with Gasteiger partial charge in [-0.25, -0.2) is 9.78 Å². The highest BCUT2D eigenvalue weighted by Gasteiger charge is 2.23. The van der Waals surface area contributed by atoms with Gasteiger partial charge in [-0.3, -0.25) is 4.57 Å². The van der Waals surface area contributed by atoms with E-state index in [4.69, 9.17) is 4.74 Å². The Labute approximate surface area is 181 Å². The molecule has 5 aromatic rings. The molecule has 0 aliphatic heterocycles. The van der Waals surface area contributed by atoms with Gasteiger partial charge in [0, 0.05) is 17.1 Å². The number of nitriles is 1. The lowest BCUT2D eigenvalue weighted by Gasteiger charge is -2.11. The van der Waals surface area contributed by atoms with Gasteiger partial charge in [0.25, 0.3) is 0 Å². The minimum Gasteiger partial charge on any atom is -0.477 e. The summed E-state index contributed by atoms with van der Waals surface area (Å²) in [5.41, 5.74) is 2.78. The van der Waals surface area contributed by atoms with E-state index in [0.29, 0.717) is 39.3 Å². The number of rotatable bonds is 4. The second-order valence-electron chi connectivity index (χ2n) is 6.80. The fourth-order valence-corrected chi connectivity index (χ4v) is 4.68. The zero-order valence-electron chi connectivity index (χ0n) is 16.6. The Morgan fingerprint density at radius 2 is 1.77 bits per heavy atom. The fraction of sp³-hybridized carbons (Fsp3) is 0.0833. The molecule has 3 heterocycles. The second kappa shape index (κ2) is 7.67. The van der Waals surface area contributed by atoms with Crippen LogP contribution >= 0.6 is 11.3 Å². The van der Waals surface area contributed by atoms with Crippen LogP contribution in [0.15, 0.2) is 71.7 Å². The first-order valence-corrected chi connectivity index (χ1v) is 10.6. The Bertz CT molecular complexity index is 1520. The predicted octanol–water partition coefficient (Wildman–Crippen LogP) is 4.93. The molecule has 0 aliphatic carbocycles. The lowest BCUT2D eigenvalue weighted by molar-refractivity contribution is 0.327. The number of hydrogen-bond donors (Lipinski definition) is 0. The van der Waals surface area contributed by atoms with Crippen LogP contribution in [0.4, 0.5) is 0 Å². The molecule has 31 heavy (non-hydrogen) atoms. The molecule has 0 atom stereocenters. The summed E-state index contributed by atoms with van der Waals surface area (Å²) in [4.78, 5) is 22.6. The zero-order valence-corrected chi connectivity index (χ0v) is 17.4. The summed E-state index contributed by atoms with van der Waals surface area (Å²) in [5.74, 6) is 0.293. The minimum absolute atomic E-state index is 0.293. The normalized spacial score (nSPS) is 11.0. The average molecular weight is 424 g/mol. The van der Waals surface area contributed by atoms with Gasteiger partial charge in [-0.2, -0.15) is 10.2 Å². The van der Waals surface area contributed by atoms with Crippen molar-refractivity contribution >= 4 is 31.8 Å². The van der Waals surface area contributed by atoms with Crippen molar-refractivity contribution in [2.45, 2.75) is 6.92 Å². The lowest BCUT2D eigenvalue weighted by Crippen LogP contribution is -2.20. The number of ether oxygens (including phenoxy) is 1. The standard InChI is InChI=1S/C24H16N4O2S/c1-2-30-22-17(13-25)19(15-9-5-3-6-10-15)20-21-18(31-23(20)27-22)14-28(24(29)26-21)16-11-7-4-8-12-16/h3-12,14H,2H2,1H3. The van der Waals surface area contributed by atoms with Gasteiger partial charge in [0.1, 0.15) is 16.5 Å². The van der Waals surface area contributed by atoms with E-state index < -0.39 is 0 Å². The van der Waals surface area contributed by atoms with Crippen LogP contribution in [0.3, 0.4) is 0 Å². The summed E-state index contributed by atoms with van der Waals surface area (Å²) >= 11 is 1.42. The van der Waals surface area contributed by atoms with E-state index in [0.717, 1.165) is 16.0 Å². The van der Waals surface area contributed by atoms with E-state index >= 15 is 0 Å². The number of hydrogen-bond acceptors (Lipinski definition) is 6. The summed E-state index contributed by atoms with van der Waals surface area (Å²) in [6, 6.07) is 21.2. The van der Waals surface area contributed by atoms with Crippen LogP contribution in [0.1, 0.15) is 12.5 Å². The van der Waals surface area contributed by atoms with Gasteiger partial charge < -0.3 is 4.74 Å². The van der Waals surface area contributed by atoms with Crippen molar-refractivity contribution < 1.29 is 4.74 Å². The van der Waals surface area contributed by atoms with Crippen LogP contribution < -0.4 is 10.4 Å². The molecule has 0 unspecified atom stereocenters. The topological polar surface area (TPSA) is 80.8 Å². The zero-order chi connectivity index (χ0) is 21.4. The molecule has 6 nitrogen and oxygen atoms in total. The Kier molecular flexibility index (Phi) is 4.69. The summed E-state index contributed by atoms with van der Waals surface area (Å²) in [6.45, 7) is 2.25. The molecule has 0 radical (unpaired) electrons. The molecular formula is C24H16N4O2S. The van der Waals surface area contributed by atoms with E-state index in [1.807, 2.05) is 67.6 Å². The van der Waals surface area contributed by atoms with Gasteiger partial charge in [-0.05, 0) is 24.6 Å². The van der Waals surface area contributed by atoms with Crippen molar-refractivity contribution in [1.29, 1.82) is 5.26 Å². The summed E-state index contributed by atoms with van der Waals surface area (Å²) < 4.78 is 8.03. The molecule has 0 aliphatic rings. The first kappa shape index (κ1) is 19.0. The number of thiophene rings is 1. The fourth-order valence-electron chi connectivity index (χ4n) is 3.64. The van der Waals surface area contributed by atoms with Gasteiger partial charge >= 0.3 is 5.69 Å². The highest BCUT2D eigenvalue weighted by molar-refractivity contribution is 7.25. The molecule has 0 amide bonds. The molecule has 7 heteroatoms. The van der Waals surface area contributed by atoms with Crippen LogP contribution in [0.5, 0.6) is 5.88 Å². The highest BCUT2D eigenvalue weighted by atomic mass is 32.1. The van der Waals surface area contributed by atoms with Gasteiger partial charge in [-0.1, -0.05) is 48.5 Å². The van der Waals surface area contributed by atoms with E-state index in [1.54, 1.807) is 6.20 Å². The van der Waals surface area contributed by atoms with E-state index in [9.17, 15) is 10.1 Å². The second-order valence-corrected chi connectivity index (χ2v) is 7.83. The maximum absolute atomic E-state index is 12.9. The Morgan fingerprint density at radius 3 is 2.45 bits per heavy atom. The Balaban J connectivity index is 1.90. The number of pyridine rings is 1. The number of fused-ring (bicyclic) bond motifs is 3. The lowest BCUT2D eigenvalue weighted by atomic mass is 9.98. The van der Waals surface area contributed by atoms with Crippen molar-refractivity contribution in [3.8, 4) is 28.8 Å². The SMILES string of the molecule is CCOc1nc2sc3cn(-c4ccccc4)c(=O)nc3c2c(-c2ccccc2)c1C#N. The van der Waals surface area contributed by atoms with Gasteiger partial charge in [0.2, 0.25) is 5.88 Å². The third-order valence-electron chi connectivity index (χ3n) is 4.96. The average Bonchev–Trinajstić information content (AvgIpc) is 3.15. The van der Waals surface area contributed by atoms with Crippen LogP contribution in [0.25, 0.3) is 37.2 Å². The van der Waals surface area contributed by atoms with Crippen molar-refractivity contribution in [2.75, 3.05) is 6.61 Å². The number of para-hydroxylation sites is 1. The van der Waals surface area contributed by atoms with Gasteiger partial charge in [0.15, 0.2) is 0 Å². The minimum atomic E-state index is -0.384. The van der Waals surface area contributed by atoms with Crippen LogP contribution in [0, 0.1) is 11.3 Å². The molecule has 0 saturated heterocycles. The molecule has 0 N–H and O–H groups in total. The smallest absolute Gasteiger partial charge is 0.352 e. The number of aromatic nitrogens is 3. The van der Waals surface area contributed by atoms with Gasteiger partial charge in [-0.15, -0.1) is 11.3 Å². The monoisotopic (exact) mass is 424 g/mol. The molecule has 0 spiro atoms. The third kappa shape index (κ3) is 3.14. The van der Waals surface area contributed by atoms with E-state index in [2.05, 4.69) is 16.0 Å². The van der Waals surface area contributed by atoms with Gasteiger partial charge in [0.05, 0.1) is 22.5 Å².